The molecule has 0 fully saturated rings. The summed E-state index contributed by atoms with van der Waals surface area (Å²) in [5.41, 5.74) is 1.70. The lowest BCUT2D eigenvalue weighted by Gasteiger charge is -2.06. The number of hydrogen-bond donors (Lipinski definition) is 0. The fourth-order valence-electron chi connectivity index (χ4n) is 2.60. The van der Waals surface area contributed by atoms with Crippen molar-refractivity contribution in [3.05, 3.63) is 30.6 Å². The fourth-order valence-corrected chi connectivity index (χ4v) is 3.46. The van der Waals surface area contributed by atoms with Crippen LogP contribution in [0, 0.1) is 0 Å². The molecule has 0 spiro atoms. The third-order valence-corrected chi connectivity index (χ3v) is 4.54. The molecule has 0 atom stereocenters. The van der Waals surface area contributed by atoms with Gasteiger partial charge in [0.1, 0.15) is 6.33 Å². The van der Waals surface area contributed by atoms with Crippen LogP contribution in [-0.4, -0.2) is 47.5 Å². The fraction of sp³-hybridized carbons (Fsp3) is 0.267. The molecule has 1 aromatic carbocycles. The van der Waals surface area contributed by atoms with E-state index in [1.807, 2.05) is 33.1 Å². The molecule has 24 heavy (non-hydrogen) atoms. The van der Waals surface area contributed by atoms with Gasteiger partial charge in [0.15, 0.2) is 10.8 Å². The van der Waals surface area contributed by atoms with Crippen LogP contribution in [0.15, 0.2) is 35.7 Å². The van der Waals surface area contributed by atoms with Crippen molar-refractivity contribution in [2.45, 2.75) is 18.5 Å². The van der Waals surface area contributed by atoms with Crippen LogP contribution in [0.4, 0.5) is 0 Å². The van der Waals surface area contributed by atoms with Crippen LogP contribution in [0.3, 0.4) is 0 Å². The van der Waals surface area contributed by atoms with Crippen molar-refractivity contribution in [2.75, 3.05) is 12.4 Å². The van der Waals surface area contributed by atoms with Gasteiger partial charge >= 0.3 is 5.97 Å². The summed E-state index contributed by atoms with van der Waals surface area (Å²) in [5, 5.41) is 18.4. The van der Waals surface area contributed by atoms with Crippen LogP contribution >= 0.6 is 11.8 Å². The Bertz CT molecular complexity index is 1040. The van der Waals surface area contributed by atoms with Crippen molar-refractivity contribution < 1.29 is 9.53 Å². The number of esters is 1. The highest BCUT2D eigenvalue weighted by Gasteiger charge is 2.16. The average molecular weight is 342 g/mol. The van der Waals surface area contributed by atoms with Gasteiger partial charge in [-0.2, -0.15) is 0 Å². The Morgan fingerprint density at radius 2 is 2.12 bits per heavy atom. The van der Waals surface area contributed by atoms with Crippen molar-refractivity contribution in [3.8, 4) is 0 Å². The third kappa shape index (κ3) is 2.37. The van der Waals surface area contributed by atoms with E-state index in [0.29, 0.717) is 24.6 Å². The molecule has 0 unspecified atom stereocenters. The van der Waals surface area contributed by atoms with E-state index in [9.17, 15) is 4.79 Å². The minimum Gasteiger partial charge on any atom is -0.466 e. The van der Waals surface area contributed by atoms with Gasteiger partial charge in [-0.05, 0) is 19.1 Å². The molecule has 4 rings (SSSR count). The SMILES string of the molecule is CCOC(=O)CCSc1nnc2n3cnnc3c3ccccc3n12. The monoisotopic (exact) mass is 342 g/mol. The summed E-state index contributed by atoms with van der Waals surface area (Å²) >= 11 is 1.47. The zero-order valence-corrected chi connectivity index (χ0v) is 13.7. The van der Waals surface area contributed by atoms with Gasteiger partial charge in [-0.1, -0.05) is 23.9 Å². The lowest BCUT2D eigenvalue weighted by atomic mass is 10.2. The minimum atomic E-state index is -0.204. The van der Waals surface area contributed by atoms with Crippen LogP contribution < -0.4 is 0 Å². The lowest BCUT2D eigenvalue weighted by Crippen LogP contribution is -2.05. The molecule has 8 nitrogen and oxygen atoms in total. The van der Waals surface area contributed by atoms with Crippen LogP contribution in [0.2, 0.25) is 0 Å². The second kappa shape index (κ2) is 6.08. The van der Waals surface area contributed by atoms with Crippen molar-refractivity contribution in [1.29, 1.82) is 0 Å². The van der Waals surface area contributed by atoms with E-state index in [1.54, 1.807) is 13.3 Å². The van der Waals surface area contributed by atoms with Crippen molar-refractivity contribution in [2.24, 2.45) is 0 Å². The molecule has 0 amide bonds. The molecule has 0 saturated heterocycles. The summed E-state index contributed by atoms with van der Waals surface area (Å²) in [6.07, 6.45) is 1.96. The first-order valence-corrected chi connectivity index (χ1v) is 8.52. The number of aromatic nitrogens is 6. The minimum absolute atomic E-state index is 0.204. The Labute approximate surface area is 140 Å². The molecule has 4 aromatic rings. The quantitative estimate of drug-likeness (QED) is 0.405. The summed E-state index contributed by atoms with van der Waals surface area (Å²) < 4.78 is 8.72. The first-order chi connectivity index (χ1) is 11.8. The molecule has 0 aliphatic carbocycles. The van der Waals surface area contributed by atoms with Gasteiger partial charge in [0, 0.05) is 11.1 Å². The Hall–Kier alpha value is -2.68. The number of carbonyl (C=O) groups excluding carboxylic acids is 1. The van der Waals surface area contributed by atoms with Crippen molar-refractivity contribution in [1.82, 2.24) is 29.2 Å². The normalized spacial score (nSPS) is 11.5. The second-order valence-electron chi connectivity index (χ2n) is 5.06. The van der Waals surface area contributed by atoms with Crippen LogP contribution in [0.5, 0.6) is 0 Å². The largest absolute Gasteiger partial charge is 0.466 e. The molecule has 0 radical (unpaired) electrons. The van der Waals surface area contributed by atoms with E-state index in [-0.39, 0.29) is 5.97 Å². The molecule has 0 saturated carbocycles. The van der Waals surface area contributed by atoms with Crippen LogP contribution in [0.1, 0.15) is 13.3 Å². The lowest BCUT2D eigenvalue weighted by molar-refractivity contribution is -0.142. The Kier molecular flexibility index (Phi) is 3.77. The van der Waals surface area contributed by atoms with Gasteiger partial charge < -0.3 is 4.74 Å². The smallest absolute Gasteiger partial charge is 0.306 e. The first-order valence-electron chi connectivity index (χ1n) is 7.53. The molecular weight excluding hydrogens is 328 g/mol. The number of fused-ring (bicyclic) bond motifs is 6. The molecule has 0 aliphatic rings. The Morgan fingerprint density at radius 1 is 1.25 bits per heavy atom. The van der Waals surface area contributed by atoms with Crippen molar-refractivity contribution in [3.63, 3.8) is 0 Å². The number of para-hydroxylation sites is 1. The standard InChI is InChI=1S/C15H14N6O2S/c1-2-23-12(22)7-8-24-15-19-18-14-20-9-16-17-13(20)10-5-3-4-6-11(10)21(14)15/h3-6,9H,2,7-8H2,1H3. The summed E-state index contributed by atoms with van der Waals surface area (Å²) in [4.78, 5) is 11.5. The number of ether oxygens (including phenoxy) is 1. The molecule has 3 aromatic heterocycles. The van der Waals surface area contributed by atoms with Gasteiger partial charge in [-0.15, -0.1) is 20.4 Å². The van der Waals surface area contributed by atoms with E-state index in [2.05, 4.69) is 20.4 Å². The van der Waals surface area contributed by atoms with E-state index in [1.165, 1.54) is 11.8 Å². The molecule has 9 heteroatoms. The van der Waals surface area contributed by atoms with Crippen LogP contribution in [-0.2, 0) is 9.53 Å². The summed E-state index contributed by atoms with van der Waals surface area (Å²) in [6.45, 7) is 2.20. The summed E-state index contributed by atoms with van der Waals surface area (Å²) in [5.74, 6) is 1.02. The number of rotatable bonds is 5. The first kappa shape index (κ1) is 14.9. The maximum absolute atomic E-state index is 11.5. The topological polar surface area (TPSA) is 86.7 Å². The Balaban J connectivity index is 1.78. The molecular formula is C15H14N6O2S. The predicted octanol–water partition coefficient (Wildman–Crippen LogP) is 1.97. The number of nitrogens with zero attached hydrogens (tertiary/aromatic N) is 6. The summed E-state index contributed by atoms with van der Waals surface area (Å²) in [7, 11) is 0. The van der Waals surface area contributed by atoms with Gasteiger partial charge in [0.05, 0.1) is 18.5 Å². The average Bonchev–Trinajstić information content (AvgIpc) is 3.22. The van der Waals surface area contributed by atoms with E-state index < -0.39 is 0 Å². The van der Waals surface area contributed by atoms with E-state index >= 15 is 0 Å². The summed E-state index contributed by atoms with van der Waals surface area (Å²) in [6, 6.07) is 7.91. The molecule has 3 heterocycles. The number of benzene rings is 1. The zero-order valence-electron chi connectivity index (χ0n) is 12.9. The highest BCUT2D eigenvalue weighted by atomic mass is 32.2. The Morgan fingerprint density at radius 3 is 3.00 bits per heavy atom. The van der Waals surface area contributed by atoms with Gasteiger partial charge in [0.25, 0.3) is 0 Å². The molecule has 122 valence electrons. The van der Waals surface area contributed by atoms with Gasteiger partial charge in [-0.25, -0.2) is 4.40 Å². The van der Waals surface area contributed by atoms with Gasteiger partial charge in [-0.3, -0.25) is 9.20 Å². The third-order valence-electron chi connectivity index (χ3n) is 3.61. The van der Waals surface area contributed by atoms with Gasteiger partial charge in [0.2, 0.25) is 5.78 Å². The number of thioether (sulfide) groups is 1. The van der Waals surface area contributed by atoms with E-state index in [4.69, 9.17) is 4.74 Å². The van der Waals surface area contributed by atoms with Crippen molar-refractivity contribution >= 4 is 40.1 Å². The number of hydrogen-bond acceptors (Lipinski definition) is 7. The van der Waals surface area contributed by atoms with Crippen LogP contribution in [0.25, 0.3) is 22.3 Å². The zero-order chi connectivity index (χ0) is 16.5. The van der Waals surface area contributed by atoms with E-state index in [0.717, 1.165) is 21.7 Å². The molecule has 0 aliphatic heterocycles. The molecule has 0 N–H and O–H groups in total. The number of carbonyl (C=O) groups is 1. The molecule has 0 bridgehead atoms. The highest BCUT2D eigenvalue weighted by Crippen LogP contribution is 2.25. The maximum atomic E-state index is 11.5. The predicted molar refractivity (Wildman–Crippen MR) is 89.0 cm³/mol. The second-order valence-corrected chi connectivity index (χ2v) is 6.13. The maximum Gasteiger partial charge on any atom is 0.306 e. The highest BCUT2D eigenvalue weighted by molar-refractivity contribution is 7.99.